The minimum Gasteiger partial charge on any atom is -0.481 e. The van der Waals surface area contributed by atoms with Crippen molar-refractivity contribution < 1.29 is 14.7 Å². The molecule has 2 amide bonds. The van der Waals surface area contributed by atoms with Crippen molar-refractivity contribution in [3.63, 3.8) is 0 Å². The predicted octanol–water partition coefficient (Wildman–Crippen LogP) is 2.75. The highest BCUT2D eigenvalue weighted by molar-refractivity contribution is 5.76. The van der Waals surface area contributed by atoms with Gasteiger partial charge in [-0.2, -0.15) is 0 Å². The van der Waals surface area contributed by atoms with E-state index in [4.69, 9.17) is 5.11 Å². The molecular formula is C15H28N2O3. The van der Waals surface area contributed by atoms with Gasteiger partial charge in [0.1, 0.15) is 0 Å². The summed E-state index contributed by atoms with van der Waals surface area (Å²) in [5.41, 5.74) is 0. The van der Waals surface area contributed by atoms with E-state index < -0.39 is 5.97 Å². The van der Waals surface area contributed by atoms with E-state index in [1.165, 1.54) is 6.42 Å². The zero-order valence-corrected chi connectivity index (χ0v) is 12.8. The van der Waals surface area contributed by atoms with Crippen LogP contribution in [0.3, 0.4) is 0 Å². The van der Waals surface area contributed by atoms with Crippen LogP contribution in [0, 0.1) is 11.8 Å². The number of amides is 2. The molecule has 0 aromatic rings. The Bertz CT molecular complexity index is 331. The van der Waals surface area contributed by atoms with Crippen molar-refractivity contribution in [2.45, 2.75) is 71.4 Å². The number of nitrogens with one attached hydrogen (secondary N) is 2. The van der Waals surface area contributed by atoms with Crippen molar-refractivity contribution in [2.75, 3.05) is 0 Å². The fraction of sp³-hybridized carbons (Fsp3) is 0.867. The molecule has 0 saturated heterocycles. The van der Waals surface area contributed by atoms with Crippen molar-refractivity contribution in [1.82, 2.24) is 10.6 Å². The monoisotopic (exact) mass is 284 g/mol. The third-order valence-electron chi connectivity index (χ3n) is 4.24. The number of hydrogen-bond acceptors (Lipinski definition) is 2. The molecule has 116 valence electrons. The van der Waals surface area contributed by atoms with Crippen LogP contribution in [-0.2, 0) is 4.79 Å². The van der Waals surface area contributed by atoms with Gasteiger partial charge >= 0.3 is 12.0 Å². The Labute approximate surface area is 121 Å². The van der Waals surface area contributed by atoms with Gasteiger partial charge in [0.2, 0.25) is 0 Å². The van der Waals surface area contributed by atoms with Gasteiger partial charge in [-0.05, 0) is 31.1 Å². The molecule has 0 aromatic heterocycles. The van der Waals surface area contributed by atoms with Crippen LogP contribution in [0.4, 0.5) is 4.79 Å². The highest BCUT2D eigenvalue weighted by Crippen LogP contribution is 2.30. The first-order valence-corrected chi connectivity index (χ1v) is 7.72. The third kappa shape index (κ3) is 5.39. The molecule has 5 nitrogen and oxygen atoms in total. The summed E-state index contributed by atoms with van der Waals surface area (Å²) in [6, 6.07) is -0.310. The molecule has 0 aliphatic heterocycles. The molecule has 1 fully saturated rings. The van der Waals surface area contributed by atoms with Gasteiger partial charge in [0.15, 0.2) is 0 Å². The molecule has 1 saturated carbocycles. The lowest BCUT2D eigenvalue weighted by Gasteiger charge is -2.35. The molecule has 20 heavy (non-hydrogen) atoms. The van der Waals surface area contributed by atoms with E-state index in [0.29, 0.717) is 18.3 Å². The molecule has 1 aliphatic rings. The normalized spacial score (nSPS) is 24.2. The summed E-state index contributed by atoms with van der Waals surface area (Å²) in [7, 11) is 0. The van der Waals surface area contributed by atoms with Crippen LogP contribution in [0.2, 0.25) is 0 Å². The molecule has 3 N–H and O–H groups in total. The lowest BCUT2D eigenvalue weighted by atomic mass is 9.78. The first-order chi connectivity index (χ1) is 9.43. The van der Waals surface area contributed by atoms with E-state index in [9.17, 15) is 9.59 Å². The third-order valence-corrected chi connectivity index (χ3v) is 4.24. The van der Waals surface area contributed by atoms with Crippen molar-refractivity contribution in [3.8, 4) is 0 Å². The summed E-state index contributed by atoms with van der Waals surface area (Å²) in [5.74, 6) is 0.200. The predicted molar refractivity (Wildman–Crippen MR) is 78.6 cm³/mol. The summed E-state index contributed by atoms with van der Waals surface area (Å²) in [6.45, 7) is 6.27. The Kier molecular flexibility index (Phi) is 6.82. The second-order valence-corrected chi connectivity index (χ2v) is 6.12. The molecule has 5 heteroatoms. The van der Waals surface area contributed by atoms with Crippen LogP contribution in [0.15, 0.2) is 0 Å². The average Bonchev–Trinajstić information content (AvgIpc) is 2.37. The quantitative estimate of drug-likeness (QED) is 0.701. The molecular weight excluding hydrogens is 256 g/mol. The number of rotatable bonds is 6. The van der Waals surface area contributed by atoms with Crippen LogP contribution < -0.4 is 10.6 Å². The molecule has 0 aromatic carbocycles. The first kappa shape index (κ1) is 16.8. The van der Waals surface area contributed by atoms with E-state index in [1.807, 2.05) is 6.92 Å². The number of carboxylic acid groups (broad SMARTS) is 1. The zero-order chi connectivity index (χ0) is 15.1. The Hall–Kier alpha value is -1.26. The maximum atomic E-state index is 12.0. The number of urea groups is 1. The molecule has 1 aliphatic carbocycles. The summed E-state index contributed by atoms with van der Waals surface area (Å²) in [4.78, 5) is 22.7. The smallest absolute Gasteiger partial charge is 0.315 e. The van der Waals surface area contributed by atoms with Gasteiger partial charge in [0, 0.05) is 12.1 Å². The van der Waals surface area contributed by atoms with Gasteiger partial charge in [0.25, 0.3) is 0 Å². The minimum atomic E-state index is -0.880. The van der Waals surface area contributed by atoms with Crippen LogP contribution in [0.1, 0.15) is 59.3 Å². The topological polar surface area (TPSA) is 78.4 Å². The Morgan fingerprint density at radius 3 is 2.45 bits per heavy atom. The molecule has 3 unspecified atom stereocenters. The number of aliphatic carboxylic acids is 1. The second-order valence-electron chi connectivity index (χ2n) is 6.12. The number of hydrogen-bond donors (Lipinski definition) is 3. The Balaban J connectivity index is 2.48. The number of carbonyl (C=O) groups is 2. The highest BCUT2D eigenvalue weighted by Gasteiger charge is 2.29. The van der Waals surface area contributed by atoms with E-state index in [1.54, 1.807) is 0 Å². The van der Waals surface area contributed by atoms with Crippen LogP contribution in [0.25, 0.3) is 0 Å². The van der Waals surface area contributed by atoms with Crippen LogP contribution in [-0.4, -0.2) is 29.2 Å². The summed E-state index contributed by atoms with van der Waals surface area (Å²) in [5, 5.41) is 14.6. The summed E-state index contributed by atoms with van der Waals surface area (Å²) < 4.78 is 0. The van der Waals surface area contributed by atoms with E-state index in [0.717, 1.165) is 19.3 Å². The van der Waals surface area contributed by atoms with E-state index in [2.05, 4.69) is 24.5 Å². The summed E-state index contributed by atoms with van der Waals surface area (Å²) in [6.07, 6.45) is 5.17. The largest absolute Gasteiger partial charge is 0.481 e. The lowest BCUT2D eigenvalue weighted by molar-refractivity contribution is -0.137. The van der Waals surface area contributed by atoms with Gasteiger partial charge in [0.05, 0.1) is 6.42 Å². The van der Waals surface area contributed by atoms with Gasteiger partial charge < -0.3 is 15.7 Å². The zero-order valence-electron chi connectivity index (χ0n) is 12.8. The molecule has 0 heterocycles. The Morgan fingerprint density at radius 1 is 1.25 bits per heavy atom. The number of carboxylic acids is 1. The van der Waals surface area contributed by atoms with Crippen molar-refractivity contribution >= 4 is 12.0 Å². The van der Waals surface area contributed by atoms with Crippen molar-refractivity contribution in [3.05, 3.63) is 0 Å². The first-order valence-electron chi connectivity index (χ1n) is 7.72. The SMILES string of the molecule is CCC(CC(=O)O)NC(=O)NC1CCCCC1C(C)C. The standard InChI is InChI=1S/C15H28N2O3/c1-4-11(9-14(18)19)16-15(20)17-13-8-6-5-7-12(13)10(2)3/h10-13H,4-9H2,1-3H3,(H,18,19)(H2,16,17,20). The van der Waals surface area contributed by atoms with E-state index in [-0.39, 0.29) is 24.5 Å². The minimum absolute atomic E-state index is 0.0256. The van der Waals surface area contributed by atoms with Gasteiger partial charge in [-0.25, -0.2) is 4.79 Å². The molecule has 1 rings (SSSR count). The maximum absolute atomic E-state index is 12.0. The molecule has 0 bridgehead atoms. The second kappa shape index (κ2) is 8.12. The molecule has 0 radical (unpaired) electrons. The Morgan fingerprint density at radius 2 is 1.90 bits per heavy atom. The highest BCUT2D eigenvalue weighted by atomic mass is 16.4. The fourth-order valence-electron chi connectivity index (χ4n) is 3.04. The van der Waals surface area contributed by atoms with Crippen molar-refractivity contribution in [1.29, 1.82) is 0 Å². The lowest BCUT2D eigenvalue weighted by Crippen LogP contribution is -2.50. The fourth-order valence-corrected chi connectivity index (χ4v) is 3.04. The molecule has 0 spiro atoms. The van der Waals surface area contributed by atoms with Gasteiger partial charge in [-0.3, -0.25) is 4.79 Å². The maximum Gasteiger partial charge on any atom is 0.315 e. The number of carbonyl (C=O) groups excluding carboxylic acids is 1. The average molecular weight is 284 g/mol. The van der Waals surface area contributed by atoms with Gasteiger partial charge in [-0.1, -0.05) is 33.6 Å². The van der Waals surface area contributed by atoms with Crippen LogP contribution in [0.5, 0.6) is 0 Å². The van der Waals surface area contributed by atoms with Crippen LogP contribution >= 0.6 is 0 Å². The van der Waals surface area contributed by atoms with E-state index >= 15 is 0 Å². The summed E-state index contributed by atoms with van der Waals surface area (Å²) >= 11 is 0. The van der Waals surface area contributed by atoms with Gasteiger partial charge in [-0.15, -0.1) is 0 Å². The van der Waals surface area contributed by atoms with Crippen molar-refractivity contribution in [2.24, 2.45) is 11.8 Å². The molecule has 3 atom stereocenters.